The Labute approximate surface area is 240 Å². The van der Waals surface area contributed by atoms with E-state index in [1.807, 2.05) is 20.2 Å². The van der Waals surface area contributed by atoms with Crippen LogP contribution in [0.3, 0.4) is 0 Å². The summed E-state index contributed by atoms with van der Waals surface area (Å²) in [4.78, 5) is 26.6. The van der Waals surface area contributed by atoms with Gasteiger partial charge in [0.15, 0.2) is 5.75 Å². The second-order valence-electron chi connectivity index (χ2n) is 9.95. The van der Waals surface area contributed by atoms with Crippen LogP contribution in [0, 0.1) is 0 Å². The molecule has 1 aliphatic rings. The quantitative estimate of drug-likeness (QED) is 0.206. The van der Waals surface area contributed by atoms with Crippen molar-refractivity contribution in [1.29, 1.82) is 0 Å². The number of rotatable bonds is 7. The number of phenols is 1. The lowest BCUT2D eigenvalue weighted by Gasteiger charge is -2.19. The molecular weight excluding hydrogens is 577 g/mol. The lowest BCUT2D eigenvalue weighted by atomic mass is 9.97. The highest BCUT2D eigenvalue weighted by atomic mass is 35.5. The molecule has 0 saturated heterocycles. The van der Waals surface area contributed by atoms with Crippen molar-refractivity contribution in [3.8, 4) is 17.1 Å². The highest BCUT2D eigenvalue weighted by Crippen LogP contribution is 2.47. The van der Waals surface area contributed by atoms with E-state index in [-0.39, 0.29) is 17.3 Å². The fourth-order valence-electron chi connectivity index (χ4n) is 5.06. The maximum atomic E-state index is 14.2. The molecule has 3 heterocycles. The second-order valence-corrected chi connectivity index (χ2v) is 11.4. The molecule has 212 valence electrons. The number of hydrogen-bond acceptors (Lipinski definition) is 8. The Bertz CT molecular complexity index is 1870. The lowest BCUT2D eigenvalue weighted by Crippen LogP contribution is -2.24. The molecule has 3 aromatic heterocycles. The number of nitrogens with zero attached hydrogens (tertiary/aromatic N) is 4. The number of fused-ring (bicyclic) bond motifs is 3. The van der Waals surface area contributed by atoms with Gasteiger partial charge in [0.1, 0.15) is 10.7 Å². The molecule has 0 aliphatic heterocycles. The smallest absolute Gasteiger partial charge is 0.451 e. The topological polar surface area (TPSA) is 105 Å². The number of thiophene rings is 1. The van der Waals surface area contributed by atoms with E-state index in [1.54, 1.807) is 6.07 Å². The molecule has 41 heavy (non-hydrogen) atoms. The van der Waals surface area contributed by atoms with Crippen molar-refractivity contribution < 1.29 is 18.3 Å². The molecular formula is C28H24ClF3N6O2S. The van der Waals surface area contributed by atoms with Crippen molar-refractivity contribution in [3.63, 3.8) is 0 Å². The van der Waals surface area contributed by atoms with Crippen LogP contribution in [0.15, 0.2) is 41.5 Å². The van der Waals surface area contributed by atoms with Crippen LogP contribution < -0.4 is 16.2 Å². The summed E-state index contributed by atoms with van der Waals surface area (Å²) < 4.78 is 41.2. The van der Waals surface area contributed by atoms with E-state index >= 15 is 0 Å². The molecule has 0 radical (unpaired) electrons. The van der Waals surface area contributed by atoms with Gasteiger partial charge in [-0.3, -0.25) is 9.36 Å². The molecule has 1 saturated carbocycles. The Morgan fingerprint density at radius 2 is 1.90 bits per heavy atom. The van der Waals surface area contributed by atoms with Gasteiger partial charge in [-0.25, -0.2) is 15.0 Å². The van der Waals surface area contributed by atoms with E-state index in [4.69, 9.17) is 16.6 Å². The van der Waals surface area contributed by atoms with Crippen molar-refractivity contribution in [3.05, 3.63) is 74.6 Å². The molecule has 0 bridgehead atoms. The van der Waals surface area contributed by atoms with Crippen molar-refractivity contribution in [1.82, 2.24) is 24.8 Å². The van der Waals surface area contributed by atoms with Gasteiger partial charge in [-0.1, -0.05) is 17.7 Å². The number of hydrogen-bond donors (Lipinski definition) is 3. The Morgan fingerprint density at radius 3 is 2.54 bits per heavy atom. The summed E-state index contributed by atoms with van der Waals surface area (Å²) in [6.45, 7) is 0.452. The monoisotopic (exact) mass is 600 g/mol. The Morgan fingerprint density at radius 1 is 1.17 bits per heavy atom. The minimum Gasteiger partial charge on any atom is -0.505 e. The van der Waals surface area contributed by atoms with E-state index in [2.05, 4.69) is 26.7 Å². The van der Waals surface area contributed by atoms with Gasteiger partial charge in [-0.05, 0) is 55.1 Å². The second kappa shape index (κ2) is 10.3. The number of nitrogens with one attached hydrogen (secondary N) is 2. The van der Waals surface area contributed by atoms with E-state index < -0.39 is 17.6 Å². The molecule has 8 nitrogen and oxygen atoms in total. The molecule has 6 rings (SSSR count). The van der Waals surface area contributed by atoms with Crippen LogP contribution in [0.2, 0.25) is 5.02 Å². The van der Waals surface area contributed by atoms with Crippen LogP contribution in [-0.2, 0) is 19.3 Å². The van der Waals surface area contributed by atoms with Crippen LogP contribution in [-0.4, -0.2) is 38.7 Å². The maximum absolute atomic E-state index is 14.2. The summed E-state index contributed by atoms with van der Waals surface area (Å²) in [5, 5.41) is 18.0. The van der Waals surface area contributed by atoms with E-state index in [9.17, 15) is 23.1 Å². The zero-order valence-corrected chi connectivity index (χ0v) is 23.5. The van der Waals surface area contributed by atoms with Gasteiger partial charge in [0.2, 0.25) is 5.82 Å². The summed E-state index contributed by atoms with van der Waals surface area (Å²) >= 11 is 7.31. The van der Waals surface area contributed by atoms with Gasteiger partial charge in [0, 0.05) is 48.2 Å². The van der Waals surface area contributed by atoms with Crippen molar-refractivity contribution in [2.24, 2.45) is 0 Å². The number of aromatic hydroxyl groups is 1. The average molecular weight is 601 g/mol. The molecule has 0 spiro atoms. The predicted octanol–water partition coefficient (Wildman–Crippen LogP) is 6.13. The van der Waals surface area contributed by atoms with Crippen LogP contribution in [0.4, 0.5) is 18.9 Å². The first-order chi connectivity index (χ1) is 19.6. The summed E-state index contributed by atoms with van der Waals surface area (Å²) in [5.74, 6) is -0.721. The molecule has 0 unspecified atom stereocenters. The first kappa shape index (κ1) is 27.4. The van der Waals surface area contributed by atoms with Gasteiger partial charge in [0.25, 0.3) is 5.56 Å². The Balaban J connectivity index is 1.63. The average Bonchev–Trinajstić information content (AvgIpc) is 3.72. The van der Waals surface area contributed by atoms with Crippen LogP contribution >= 0.6 is 22.9 Å². The zero-order valence-electron chi connectivity index (χ0n) is 21.9. The summed E-state index contributed by atoms with van der Waals surface area (Å²) in [5.41, 5.74) is 3.63. The first-order valence-corrected chi connectivity index (χ1v) is 14.0. The third-order valence-electron chi connectivity index (χ3n) is 7.16. The summed E-state index contributed by atoms with van der Waals surface area (Å²) in [6, 6.07) is 7.26. The van der Waals surface area contributed by atoms with Crippen molar-refractivity contribution >= 4 is 48.9 Å². The molecule has 0 atom stereocenters. The number of aromatic nitrogens is 4. The SMILES string of the molecule is CNCc1cc(-c2nc3sc4c(O)c(Cl)ccc4c3c(=O)n2Cc2cnc(C(F)(F)F)nc2)c(C2CC2)cc1NC. The Hall–Kier alpha value is -3.74. The van der Waals surface area contributed by atoms with Gasteiger partial charge in [0.05, 0.1) is 21.7 Å². The van der Waals surface area contributed by atoms with Gasteiger partial charge in [-0.2, -0.15) is 13.2 Å². The number of alkyl halides is 3. The summed E-state index contributed by atoms with van der Waals surface area (Å²) in [7, 11) is 3.69. The Kier molecular flexibility index (Phi) is 6.87. The molecule has 1 fully saturated rings. The molecule has 1 aliphatic carbocycles. The number of halogens is 4. The lowest BCUT2D eigenvalue weighted by molar-refractivity contribution is -0.145. The van der Waals surface area contributed by atoms with Crippen LogP contribution in [0.1, 0.15) is 41.3 Å². The van der Waals surface area contributed by atoms with E-state index in [0.29, 0.717) is 44.2 Å². The van der Waals surface area contributed by atoms with Crippen LogP contribution in [0.25, 0.3) is 31.7 Å². The summed E-state index contributed by atoms with van der Waals surface area (Å²) in [6.07, 6.45) is -0.540. The minimum absolute atomic E-state index is 0.106. The highest BCUT2D eigenvalue weighted by molar-refractivity contribution is 7.25. The number of phenolic OH excluding ortho intramolecular Hbond substituents is 1. The predicted molar refractivity (Wildman–Crippen MR) is 154 cm³/mol. The van der Waals surface area contributed by atoms with Gasteiger partial charge >= 0.3 is 6.18 Å². The fraction of sp³-hybridized carbons (Fsp3) is 0.286. The minimum atomic E-state index is -4.68. The van der Waals surface area contributed by atoms with Crippen molar-refractivity contribution in [2.75, 3.05) is 19.4 Å². The number of anilines is 1. The van der Waals surface area contributed by atoms with Crippen LogP contribution in [0.5, 0.6) is 5.75 Å². The molecule has 5 aromatic rings. The maximum Gasteiger partial charge on any atom is 0.451 e. The zero-order chi connectivity index (χ0) is 29.1. The molecule has 2 aromatic carbocycles. The fourth-order valence-corrected chi connectivity index (χ4v) is 6.38. The van der Waals surface area contributed by atoms with Gasteiger partial charge in [-0.15, -0.1) is 11.3 Å². The van der Waals surface area contributed by atoms with E-state index in [1.165, 1.54) is 10.6 Å². The highest BCUT2D eigenvalue weighted by Gasteiger charge is 2.34. The largest absolute Gasteiger partial charge is 0.505 e. The molecule has 3 N–H and O–H groups in total. The first-order valence-electron chi connectivity index (χ1n) is 12.8. The normalized spacial score (nSPS) is 13.8. The van der Waals surface area contributed by atoms with E-state index in [0.717, 1.165) is 58.9 Å². The molecule has 13 heteroatoms. The number of benzene rings is 2. The standard InChI is InChI=1S/C28H24ClF3N6O2S/c1-33-11-15-7-18(17(14-3-4-14)8-20(15)34-2)24-37-25-21(16-5-6-19(29)22(39)23(16)41-25)26(40)38(24)12-13-9-35-27(36-10-13)28(30,31)32/h5-10,14,33-34,39H,3-4,11-12H2,1-2H3. The molecule has 0 amide bonds. The van der Waals surface area contributed by atoms with Crippen molar-refractivity contribution in [2.45, 2.75) is 38.0 Å². The van der Waals surface area contributed by atoms with Gasteiger partial charge < -0.3 is 15.7 Å². The third kappa shape index (κ3) is 4.89. The third-order valence-corrected chi connectivity index (χ3v) is 8.57.